The molecule has 2 N–H and O–H groups in total. The van der Waals surface area contributed by atoms with E-state index < -0.39 is 15.6 Å². The van der Waals surface area contributed by atoms with E-state index in [0.29, 0.717) is 6.54 Å². The van der Waals surface area contributed by atoms with E-state index in [9.17, 15) is 8.42 Å². The minimum Gasteiger partial charge on any atom is -0.315 e. The lowest BCUT2D eigenvalue weighted by Crippen LogP contribution is -2.50. The first kappa shape index (κ1) is 14.6. The molecule has 1 rings (SSSR count). The molecule has 0 unspecified atom stereocenters. The molecule has 0 radical (unpaired) electrons. The average Bonchev–Trinajstić information content (AvgIpc) is 2.60. The number of thiophene rings is 1. The summed E-state index contributed by atoms with van der Waals surface area (Å²) in [7, 11) is -3.15. The molecule has 17 heavy (non-hydrogen) atoms. The number of rotatable bonds is 7. The molecule has 1 aromatic heterocycles. The highest BCUT2D eigenvalue weighted by Crippen LogP contribution is 2.08. The van der Waals surface area contributed by atoms with E-state index in [2.05, 4.69) is 21.5 Å². The third kappa shape index (κ3) is 6.78. The van der Waals surface area contributed by atoms with Crippen LogP contribution in [-0.4, -0.2) is 33.3 Å². The van der Waals surface area contributed by atoms with Gasteiger partial charge in [0.05, 0.1) is 6.26 Å². The molecule has 0 amide bonds. The van der Waals surface area contributed by atoms with Crippen molar-refractivity contribution in [3.8, 4) is 0 Å². The minimum absolute atomic E-state index is 0.455. The second-order valence-electron chi connectivity index (χ2n) is 4.76. The number of sulfonamides is 1. The van der Waals surface area contributed by atoms with E-state index in [4.69, 9.17) is 0 Å². The molecule has 0 atom stereocenters. The number of nitrogens with one attached hydrogen (secondary N) is 2. The predicted molar refractivity (Wildman–Crippen MR) is 73.0 cm³/mol. The maximum atomic E-state index is 11.1. The first-order valence-electron chi connectivity index (χ1n) is 5.51. The highest BCUT2D eigenvalue weighted by atomic mass is 32.2. The molecule has 0 aliphatic rings. The van der Waals surface area contributed by atoms with Crippen LogP contribution in [-0.2, 0) is 16.4 Å². The molecular weight excluding hydrogens is 256 g/mol. The molecule has 0 aliphatic carbocycles. The summed E-state index contributed by atoms with van der Waals surface area (Å²) in [6.07, 6.45) is 2.16. The fourth-order valence-corrected chi connectivity index (χ4v) is 3.39. The molecule has 0 saturated carbocycles. The molecule has 1 heterocycles. The smallest absolute Gasteiger partial charge is 0.209 e. The third-order valence-corrected chi connectivity index (χ3v) is 4.02. The highest BCUT2D eigenvalue weighted by molar-refractivity contribution is 7.88. The molecule has 0 bridgehead atoms. The van der Waals surface area contributed by atoms with Crippen LogP contribution in [0.2, 0.25) is 0 Å². The van der Waals surface area contributed by atoms with Crippen LogP contribution in [0.5, 0.6) is 0 Å². The Kier molecular flexibility index (Phi) is 5.12. The Morgan fingerprint density at radius 2 is 2.12 bits per heavy atom. The van der Waals surface area contributed by atoms with Gasteiger partial charge in [-0.3, -0.25) is 0 Å². The quantitative estimate of drug-likeness (QED) is 0.736. The van der Waals surface area contributed by atoms with Gasteiger partial charge in [-0.05, 0) is 31.7 Å². The van der Waals surface area contributed by atoms with Gasteiger partial charge in [0.15, 0.2) is 0 Å². The molecule has 0 saturated heterocycles. The van der Waals surface area contributed by atoms with Gasteiger partial charge in [0.1, 0.15) is 0 Å². The van der Waals surface area contributed by atoms with Crippen LogP contribution in [0.15, 0.2) is 17.5 Å². The number of hydrogen-bond donors (Lipinski definition) is 2. The van der Waals surface area contributed by atoms with Gasteiger partial charge < -0.3 is 5.32 Å². The Labute approximate surface area is 107 Å². The Morgan fingerprint density at radius 1 is 1.41 bits per heavy atom. The van der Waals surface area contributed by atoms with Crippen molar-refractivity contribution >= 4 is 21.4 Å². The van der Waals surface area contributed by atoms with Gasteiger partial charge in [-0.25, -0.2) is 13.1 Å². The summed E-state index contributed by atoms with van der Waals surface area (Å²) in [6, 6.07) is 4.14. The van der Waals surface area contributed by atoms with Crippen molar-refractivity contribution in [2.75, 3.05) is 19.3 Å². The van der Waals surface area contributed by atoms with Crippen LogP contribution in [0.25, 0.3) is 0 Å². The number of hydrogen-bond acceptors (Lipinski definition) is 4. The fraction of sp³-hybridized carbons (Fsp3) is 0.636. The highest BCUT2D eigenvalue weighted by Gasteiger charge is 2.21. The van der Waals surface area contributed by atoms with Crippen LogP contribution >= 0.6 is 11.3 Å². The van der Waals surface area contributed by atoms with Gasteiger partial charge >= 0.3 is 0 Å². The summed E-state index contributed by atoms with van der Waals surface area (Å²) in [6.45, 7) is 5.21. The monoisotopic (exact) mass is 276 g/mol. The maximum absolute atomic E-state index is 11.1. The zero-order valence-electron chi connectivity index (χ0n) is 10.5. The zero-order valence-corrected chi connectivity index (χ0v) is 12.1. The largest absolute Gasteiger partial charge is 0.315 e. The topological polar surface area (TPSA) is 58.2 Å². The fourth-order valence-electron chi connectivity index (χ4n) is 1.61. The van der Waals surface area contributed by atoms with E-state index in [0.717, 1.165) is 13.0 Å². The summed E-state index contributed by atoms with van der Waals surface area (Å²) in [5, 5.41) is 5.33. The molecule has 0 aliphatic heterocycles. The van der Waals surface area contributed by atoms with Gasteiger partial charge in [0.25, 0.3) is 0 Å². The molecule has 0 aromatic carbocycles. The lowest BCUT2D eigenvalue weighted by molar-refractivity contribution is 0.423. The zero-order chi connectivity index (χ0) is 12.9. The standard InChI is InChI=1S/C11H20N2O2S2/c1-11(2,13-17(3,14)15)9-12-7-6-10-5-4-8-16-10/h4-5,8,12-13H,6-7,9H2,1-3H3. The van der Waals surface area contributed by atoms with Gasteiger partial charge in [-0.15, -0.1) is 11.3 Å². The van der Waals surface area contributed by atoms with E-state index in [1.807, 2.05) is 19.9 Å². The van der Waals surface area contributed by atoms with E-state index in [-0.39, 0.29) is 0 Å². The minimum atomic E-state index is -3.15. The Balaban J connectivity index is 2.25. The normalized spacial score (nSPS) is 12.9. The lowest BCUT2D eigenvalue weighted by Gasteiger charge is -2.25. The van der Waals surface area contributed by atoms with Crippen LogP contribution in [0, 0.1) is 0 Å². The Hall–Kier alpha value is -0.430. The third-order valence-electron chi connectivity index (χ3n) is 2.16. The van der Waals surface area contributed by atoms with E-state index in [1.54, 1.807) is 11.3 Å². The van der Waals surface area contributed by atoms with Crippen molar-refractivity contribution in [2.45, 2.75) is 25.8 Å². The molecular formula is C11H20N2O2S2. The summed E-state index contributed by atoms with van der Waals surface area (Å²) < 4.78 is 24.9. The van der Waals surface area contributed by atoms with Crippen LogP contribution in [0.4, 0.5) is 0 Å². The first-order valence-corrected chi connectivity index (χ1v) is 8.28. The molecule has 1 aromatic rings. The molecule has 6 heteroatoms. The summed E-state index contributed by atoms with van der Waals surface area (Å²) in [5.74, 6) is 0. The molecule has 0 spiro atoms. The Morgan fingerprint density at radius 3 is 2.65 bits per heavy atom. The maximum Gasteiger partial charge on any atom is 0.209 e. The Bertz CT molecular complexity index is 424. The second kappa shape index (κ2) is 5.95. The second-order valence-corrected chi connectivity index (χ2v) is 7.54. The lowest BCUT2D eigenvalue weighted by atomic mass is 10.1. The first-order chi connectivity index (χ1) is 7.79. The van der Waals surface area contributed by atoms with Crippen molar-refractivity contribution in [1.29, 1.82) is 0 Å². The summed E-state index contributed by atoms with van der Waals surface area (Å²) in [4.78, 5) is 1.34. The van der Waals surface area contributed by atoms with Gasteiger partial charge in [-0.2, -0.15) is 0 Å². The predicted octanol–water partition coefficient (Wildman–Crippen LogP) is 1.21. The average molecular weight is 276 g/mol. The summed E-state index contributed by atoms with van der Waals surface area (Å²) in [5.41, 5.74) is -0.455. The van der Waals surface area contributed by atoms with Gasteiger partial charge in [-0.1, -0.05) is 6.07 Å². The summed E-state index contributed by atoms with van der Waals surface area (Å²) >= 11 is 1.74. The van der Waals surface area contributed by atoms with Crippen molar-refractivity contribution < 1.29 is 8.42 Å². The van der Waals surface area contributed by atoms with Crippen LogP contribution in [0.3, 0.4) is 0 Å². The van der Waals surface area contributed by atoms with E-state index in [1.165, 1.54) is 11.1 Å². The van der Waals surface area contributed by atoms with Crippen molar-refractivity contribution in [3.63, 3.8) is 0 Å². The van der Waals surface area contributed by atoms with Gasteiger partial charge in [0.2, 0.25) is 10.0 Å². The molecule has 4 nitrogen and oxygen atoms in total. The molecule has 0 fully saturated rings. The van der Waals surface area contributed by atoms with Crippen LogP contribution in [0.1, 0.15) is 18.7 Å². The van der Waals surface area contributed by atoms with Crippen molar-refractivity contribution in [1.82, 2.24) is 10.0 Å². The van der Waals surface area contributed by atoms with Crippen LogP contribution < -0.4 is 10.0 Å². The van der Waals surface area contributed by atoms with E-state index >= 15 is 0 Å². The SMILES string of the molecule is CC(C)(CNCCc1cccs1)NS(C)(=O)=O. The van der Waals surface area contributed by atoms with Gasteiger partial charge in [0, 0.05) is 23.5 Å². The van der Waals surface area contributed by atoms with Crippen molar-refractivity contribution in [3.05, 3.63) is 22.4 Å². The molecule has 98 valence electrons. The van der Waals surface area contributed by atoms with Crippen molar-refractivity contribution in [2.24, 2.45) is 0 Å².